The minimum atomic E-state index is 0.210. The van der Waals surface area contributed by atoms with Gasteiger partial charge in [0.1, 0.15) is 0 Å². The highest BCUT2D eigenvalue weighted by atomic mass is 16.3. The van der Waals surface area contributed by atoms with Crippen LogP contribution in [-0.2, 0) is 0 Å². The van der Waals surface area contributed by atoms with Crippen LogP contribution in [0, 0.1) is 27.7 Å². The molecule has 0 aliphatic rings. The summed E-state index contributed by atoms with van der Waals surface area (Å²) in [6.07, 6.45) is 1.66. The molecule has 6 nitrogen and oxygen atoms in total. The molecule has 0 aliphatic carbocycles. The van der Waals surface area contributed by atoms with Crippen LogP contribution in [0.4, 0.5) is 0 Å². The average molecular weight is 277 g/mol. The Bertz CT molecular complexity index is 526. The molecule has 0 aliphatic heterocycles. The van der Waals surface area contributed by atoms with E-state index in [2.05, 4.69) is 10.2 Å². The van der Waals surface area contributed by atoms with Gasteiger partial charge in [-0.25, -0.2) is 0 Å². The Kier molecular flexibility index (Phi) is 4.44. The number of rotatable bonds is 6. The number of nitrogens with zero attached hydrogens (tertiary/aromatic N) is 5. The SMILES string of the molecule is Cc1cc(C)n(N(CCCCO)n2nc(C)cc2C)n1. The van der Waals surface area contributed by atoms with Gasteiger partial charge in [-0.15, -0.1) is 0 Å². The molecule has 0 aromatic carbocycles. The van der Waals surface area contributed by atoms with Crippen molar-refractivity contribution in [2.24, 2.45) is 0 Å². The molecule has 2 heterocycles. The number of unbranched alkanes of at least 4 members (excludes halogenated alkanes) is 1. The second-order valence-corrected chi connectivity index (χ2v) is 5.16. The van der Waals surface area contributed by atoms with Gasteiger partial charge in [-0.3, -0.25) is 0 Å². The first-order chi connectivity index (χ1) is 9.52. The summed E-state index contributed by atoms with van der Waals surface area (Å²) in [5.41, 5.74) is 4.10. The van der Waals surface area contributed by atoms with Gasteiger partial charge in [-0.1, -0.05) is 0 Å². The summed E-state index contributed by atoms with van der Waals surface area (Å²) in [7, 11) is 0. The van der Waals surface area contributed by atoms with Crippen molar-refractivity contribution in [3.8, 4) is 0 Å². The fraction of sp³-hybridized carbons (Fsp3) is 0.571. The summed E-state index contributed by atoms with van der Waals surface area (Å²) in [6.45, 7) is 9.00. The van der Waals surface area contributed by atoms with Crippen LogP contribution in [0.1, 0.15) is 35.6 Å². The van der Waals surface area contributed by atoms with Crippen molar-refractivity contribution >= 4 is 0 Å². The fourth-order valence-electron chi connectivity index (χ4n) is 2.34. The van der Waals surface area contributed by atoms with Gasteiger partial charge in [0.2, 0.25) is 0 Å². The molecule has 0 fully saturated rings. The Labute approximate surface area is 119 Å². The quantitative estimate of drug-likeness (QED) is 0.813. The lowest BCUT2D eigenvalue weighted by Gasteiger charge is -2.26. The lowest BCUT2D eigenvalue weighted by molar-refractivity contribution is 0.280. The summed E-state index contributed by atoms with van der Waals surface area (Å²) in [5, 5.41) is 20.1. The average Bonchev–Trinajstić information content (AvgIpc) is 2.87. The van der Waals surface area contributed by atoms with Crippen LogP contribution in [0.2, 0.25) is 0 Å². The van der Waals surface area contributed by atoms with E-state index in [4.69, 9.17) is 5.11 Å². The molecule has 0 bridgehead atoms. The van der Waals surface area contributed by atoms with E-state index in [1.54, 1.807) is 0 Å². The van der Waals surface area contributed by atoms with Crippen molar-refractivity contribution in [2.45, 2.75) is 40.5 Å². The maximum absolute atomic E-state index is 8.97. The van der Waals surface area contributed by atoms with Crippen LogP contribution in [0.15, 0.2) is 12.1 Å². The Morgan fingerprint density at radius 2 is 1.45 bits per heavy atom. The summed E-state index contributed by atoms with van der Waals surface area (Å²) in [6, 6.07) is 4.09. The fourth-order valence-corrected chi connectivity index (χ4v) is 2.34. The molecule has 0 amide bonds. The first kappa shape index (κ1) is 14.6. The van der Waals surface area contributed by atoms with E-state index in [1.807, 2.05) is 54.5 Å². The van der Waals surface area contributed by atoms with E-state index in [9.17, 15) is 0 Å². The van der Waals surface area contributed by atoms with E-state index >= 15 is 0 Å². The van der Waals surface area contributed by atoms with Crippen molar-refractivity contribution in [3.63, 3.8) is 0 Å². The summed E-state index contributed by atoms with van der Waals surface area (Å²) in [5.74, 6) is 0. The van der Waals surface area contributed by atoms with E-state index in [-0.39, 0.29) is 6.61 Å². The minimum Gasteiger partial charge on any atom is -0.396 e. The maximum atomic E-state index is 8.97. The number of hydrogen-bond acceptors (Lipinski definition) is 4. The third kappa shape index (κ3) is 3.01. The highest BCUT2D eigenvalue weighted by molar-refractivity contribution is 5.13. The van der Waals surface area contributed by atoms with Gasteiger partial charge in [-0.05, 0) is 52.7 Å². The van der Waals surface area contributed by atoms with Crippen molar-refractivity contribution < 1.29 is 5.11 Å². The van der Waals surface area contributed by atoms with Crippen LogP contribution in [0.3, 0.4) is 0 Å². The number of aryl methyl sites for hydroxylation is 4. The van der Waals surface area contributed by atoms with Crippen LogP contribution in [-0.4, -0.2) is 38.0 Å². The van der Waals surface area contributed by atoms with Gasteiger partial charge in [0.15, 0.2) is 0 Å². The van der Waals surface area contributed by atoms with E-state index in [1.165, 1.54) is 0 Å². The zero-order chi connectivity index (χ0) is 14.7. The van der Waals surface area contributed by atoms with Crippen LogP contribution < -0.4 is 5.12 Å². The highest BCUT2D eigenvalue weighted by Gasteiger charge is 2.15. The molecule has 20 heavy (non-hydrogen) atoms. The summed E-state index contributed by atoms with van der Waals surface area (Å²) in [4.78, 5) is 3.76. The number of hydrogen-bond donors (Lipinski definition) is 1. The number of aliphatic hydroxyl groups is 1. The van der Waals surface area contributed by atoms with Gasteiger partial charge in [0.25, 0.3) is 0 Å². The number of aliphatic hydroxyl groups excluding tert-OH is 1. The van der Waals surface area contributed by atoms with Crippen molar-refractivity contribution in [1.82, 2.24) is 19.8 Å². The van der Waals surface area contributed by atoms with E-state index in [0.717, 1.165) is 42.2 Å². The molecule has 2 aromatic rings. The molecule has 1 N–H and O–H groups in total. The number of aromatic nitrogens is 4. The Hall–Kier alpha value is -1.82. The molecule has 0 unspecified atom stereocenters. The second-order valence-electron chi connectivity index (χ2n) is 5.16. The Morgan fingerprint density at radius 3 is 1.80 bits per heavy atom. The Balaban J connectivity index is 2.34. The zero-order valence-corrected chi connectivity index (χ0v) is 12.7. The molecule has 0 saturated carbocycles. The van der Waals surface area contributed by atoms with Gasteiger partial charge < -0.3 is 5.11 Å². The van der Waals surface area contributed by atoms with E-state index < -0.39 is 0 Å². The third-order valence-electron chi connectivity index (χ3n) is 3.17. The van der Waals surface area contributed by atoms with Crippen molar-refractivity contribution in [3.05, 3.63) is 34.9 Å². The standard InChI is InChI=1S/C14H23N5O/c1-11-9-13(3)18(15-11)17(7-5-6-8-20)19-14(4)10-12(2)16-19/h9-10,20H,5-8H2,1-4H3. The molecule has 0 atom stereocenters. The van der Waals surface area contributed by atoms with E-state index in [0.29, 0.717) is 0 Å². The van der Waals surface area contributed by atoms with Gasteiger partial charge in [-0.2, -0.15) is 24.9 Å². The van der Waals surface area contributed by atoms with Gasteiger partial charge >= 0.3 is 0 Å². The largest absolute Gasteiger partial charge is 0.396 e. The van der Waals surface area contributed by atoms with Crippen LogP contribution in [0.25, 0.3) is 0 Å². The smallest absolute Gasteiger partial charge is 0.0618 e. The normalized spacial score (nSPS) is 11.1. The van der Waals surface area contributed by atoms with Crippen LogP contribution >= 0.6 is 0 Å². The van der Waals surface area contributed by atoms with Gasteiger partial charge in [0, 0.05) is 6.61 Å². The first-order valence-corrected chi connectivity index (χ1v) is 6.98. The molecule has 6 heteroatoms. The minimum absolute atomic E-state index is 0.210. The monoisotopic (exact) mass is 277 g/mol. The molecule has 2 rings (SSSR count). The van der Waals surface area contributed by atoms with Crippen molar-refractivity contribution in [1.29, 1.82) is 0 Å². The molecular formula is C14H23N5O. The van der Waals surface area contributed by atoms with Crippen molar-refractivity contribution in [2.75, 3.05) is 18.3 Å². The Morgan fingerprint density at radius 1 is 0.950 bits per heavy atom. The third-order valence-corrected chi connectivity index (χ3v) is 3.17. The second kappa shape index (κ2) is 6.09. The predicted octanol–water partition coefficient (Wildman–Crippen LogP) is 1.49. The van der Waals surface area contributed by atoms with Crippen LogP contribution in [0.5, 0.6) is 0 Å². The lowest BCUT2D eigenvalue weighted by Crippen LogP contribution is -2.43. The first-order valence-electron chi connectivity index (χ1n) is 6.98. The molecule has 0 saturated heterocycles. The molecule has 2 aromatic heterocycles. The highest BCUT2D eigenvalue weighted by Crippen LogP contribution is 2.09. The lowest BCUT2D eigenvalue weighted by atomic mass is 10.3. The summed E-state index contributed by atoms with van der Waals surface area (Å²) >= 11 is 0. The molecule has 0 radical (unpaired) electrons. The molecular weight excluding hydrogens is 254 g/mol. The maximum Gasteiger partial charge on any atom is 0.0618 e. The van der Waals surface area contributed by atoms with Gasteiger partial charge in [0.05, 0.1) is 29.3 Å². The predicted molar refractivity (Wildman–Crippen MR) is 78.2 cm³/mol. The summed E-state index contributed by atoms with van der Waals surface area (Å²) < 4.78 is 0. The zero-order valence-electron chi connectivity index (χ0n) is 12.7. The topological polar surface area (TPSA) is 59.1 Å². The molecule has 0 spiro atoms. The molecule has 110 valence electrons.